The Morgan fingerprint density at radius 2 is 1.46 bits per heavy atom. The van der Waals surface area contributed by atoms with Crippen LogP contribution >= 0.6 is 0 Å². The first-order valence-corrected chi connectivity index (χ1v) is 13.9. The fourth-order valence-electron chi connectivity index (χ4n) is 4.56. The Hall–Kier alpha value is -3.94. The van der Waals surface area contributed by atoms with Crippen LogP contribution in [0.1, 0.15) is 34.1 Å². The first kappa shape index (κ1) is 28.1. The van der Waals surface area contributed by atoms with E-state index in [0.29, 0.717) is 38.6 Å². The molecule has 206 valence electrons. The smallest absolute Gasteiger partial charge is 0.318 e. The fourth-order valence-corrected chi connectivity index (χ4v) is 4.56. The van der Waals surface area contributed by atoms with Gasteiger partial charge in [0, 0.05) is 44.3 Å². The molecule has 0 radical (unpaired) electrons. The van der Waals surface area contributed by atoms with Crippen LogP contribution in [0.3, 0.4) is 0 Å². The minimum absolute atomic E-state index is 0.0160. The van der Waals surface area contributed by atoms with E-state index < -0.39 is 0 Å². The average Bonchev–Trinajstić information content (AvgIpc) is 2.95. The van der Waals surface area contributed by atoms with Gasteiger partial charge in [-0.05, 0) is 49.4 Å². The first-order chi connectivity index (χ1) is 18.8. The number of anilines is 1. The van der Waals surface area contributed by atoms with E-state index in [4.69, 9.17) is 0 Å². The molecule has 1 N–H and O–H groups in total. The van der Waals surface area contributed by atoms with Gasteiger partial charge in [0.05, 0.1) is 5.69 Å². The number of benzene rings is 2. The summed E-state index contributed by atoms with van der Waals surface area (Å²) < 4.78 is 0. The van der Waals surface area contributed by atoms with Crippen LogP contribution in [0.15, 0.2) is 66.7 Å². The van der Waals surface area contributed by atoms with Gasteiger partial charge >= 0.3 is 6.03 Å². The zero-order valence-corrected chi connectivity index (χ0v) is 23.5. The van der Waals surface area contributed by atoms with Gasteiger partial charge in [-0.3, -0.25) is 4.79 Å². The Balaban J connectivity index is 1.31. The second-order valence-electron chi connectivity index (χ2n) is 10.8. The largest absolute Gasteiger partial charge is 0.352 e. The third-order valence-electron chi connectivity index (χ3n) is 6.90. The summed E-state index contributed by atoms with van der Waals surface area (Å²) >= 11 is 0. The number of nitrogens with one attached hydrogen (secondary N) is 1. The zero-order chi connectivity index (χ0) is 27.8. The highest BCUT2D eigenvalue weighted by atomic mass is 16.2. The van der Waals surface area contributed by atoms with Gasteiger partial charge in [0.15, 0.2) is 5.82 Å². The summed E-state index contributed by atoms with van der Waals surface area (Å²) in [7, 11) is 0. The molecule has 0 bridgehead atoms. The summed E-state index contributed by atoms with van der Waals surface area (Å²) in [5.74, 6) is 1.25. The Labute approximate surface area is 232 Å². The minimum Gasteiger partial charge on any atom is -0.352 e. The summed E-state index contributed by atoms with van der Waals surface area (Å²) in [5.41, 5.74) is 4.20. The van der Waals surface area contributed by atoms with Crippen molar-refractivity contribution in [1.29, 1.82) is 0 Å². The molecule has 39 heavy (non-hydrogen) atoms. The second kappa shape index (κ2) is 13.2. The van der Waals surface area contributed by atoms with Gasteiger partial charge in [0.25, 0.3) is 0 Å². The number of carbonyl (C=O) groups excluding carboxylic acids is 2. The Bertz CT molecular complexity index is 1200. The lowest BCUT2D eigenvalue weighted by molar-refractivity contribution is -0.132. The third kappa shape index (κ3) is 7.78. The first-order valence-electron chi connectivity index (χ1n) is 13.9. The van der Waals surface area contributed by atoms with Gasteiger partial charge in [-0.25, -0.2) is 4.79 Å². The second-order valence-corrected chi connectivity index (χ2v) is 10.8. The molecule has 2 heterocycles. The van der Waals surface area contributed by atoms with Crippen LogP contribution in [0, 0.1) is 5.92 Å². The molecule has 4 rings (SSSR count). The third-order valence-corrected chi connectivity index (χ3v) is 6.90. The maximum Gasteiger partial charge on any atom is 0.318 e. The molecule has 2 aromatic carbocycles. The molecule has 0 spiro atoms. The van der Waals surface area contributed by atoms with Crippen molar-refractivity contribution < 1.29 is 9.59 Å². The van der Waals surface area contributed by atoms with Crippen molar-refractivity contribution >= 4 is 17.8 Å². The van der Waals surface area contributed by atoms with Crippen molar-refractivity contribution in [2.45, 2.75) is 40.2 Å². The zero-order valence-electron chi connectivity index (χ0n) is 23.5. The number of urea groups is 1. The fraction of sp³-hybridized carbons (Fsp3) is 0.419. The summed E-state index contributed by atoms with van der Waals surface area (Å²) in [6.07, 6.45) is 0.860. The molecule has 1 aliphatic heterocycles. The van der Waals surface area contributed by atoms with Crippen LogP contribution in [0.5, 0.6) is 0 Å². The molecular weight excluding hydrogens is 488 g/mol. The van der Waals surface area contributed by atoms with Gasteiger partial charge < -0.3 is 20.0 Å². The minimum atomic E-state index is -0.178. The molecule has 1 fully saturated rings. The Morgan fingerprint density at radius 1 is 0.821 bits per heavy atom. The number of carbonyl (C=O) groups is 2. The van der Waals surface area contributed by atoms with E-state index >= 15 is 0 Å². The van der Waals surface area contributed by atoms with Gasteiger partial charge in [0.1, 0.15) is 6.54 Å². The summed E-state index contributed by atoms with van der Waals surface area (Å²) in [4.78, 5) is 31.4. The maximum atomic E-state index is 13.1. The number of nitrogens with zero attached hydrogens (tertiary/aromatic N) is 5. The van der Waals surface area contributed by atoms with Gasteiger partial charge in [-0.15, -0.1) is 10.2 Å². The normalized spacial score (nSPS) is 13.6. The highest BCUT2D eigenvalue weighted by Gasteiger charge is 2.25. The Kier molecular flexibility index (Phi) is 9.52. The van der Waals surface area contributed by atoms with Crippen molar-refractivity contribution in [3.8, 4) is 22.4 Å². The van der Waals surface area contributed by atoms with E-state index in [0.717, 1.165) is 23.5 Å². The van der Waals surface area contributed by atoms with Gasteiger partial charge in [-0.1, -0.05) is 68.4 Å². The monoisotopic (exact) mass is 528 g/mol. The van der Waals surface area contributed by atoms with Crippen molar-refractivity contribution in [2.75, 3.05) is 44.2 Å². The van der Waals surface area contributed by atoms with Crippen LogP contribution in [-0.4, -0.2) is 77.2 Å². The van der Waals surface area contributed by atoms with Crippen molar-refractivity contribution in [1.82, 2.24) is 25.3 Å². The molecule has 8 heteroatoms. The van der Waals surface area contributed by atoms with Crippen LogP contribution < -0.4 is 10.2 Å². The summed E-state index contributed by atoms with van der Waals surface area (Å²) in [6, 6.07) is 22.5. The average molecular weight is 529 g/mol. The summed E-state index contributed by atoms with van der Waals surface area (Å²) in [5, 5.41) is 11.9. The predicted molar refractivity (Wildman–Crippen MR) is 156 cm³/mol. The molecule has 0 atom stereocenters. The molecular formula is C31H40N6O2. The standard InChI is InChI=1S/C31H40N6O2/c1-23(2)16-17-37(31(39)32-24(3)4)22-30(38)36-20-18-35(19-21-36)29-15-14-28(33-34-29)27-12-10-26(11-13-27)25-8-6-5-7-9-25/h5-15,23-24H,16-22H2,1-4H3,(H,32,39). The SMILES string of the molecule is CC(C)CCN(CC(=O)N1CCN(c2ccc(-c3ccc(-c4ccccc4)cc3)nn2)CC1)C(=O)NC(C)C. The quantitative estimate of drug-likeness (QED) is 0.426. The number of piperazine rings is 1. The number of aromatic nitrogens is 2. The maximum absolute atomic E-state index is 13.1. The van der Waals surface area contributed by atoms with Crippen LogP contribution in [-0.2, 0) is 4.79 Å². The molecule has 0 aliphatic carbocycles. The molecule has 8 nitrogen and oxygen atoms in total. The lowest BCUT2D eigenvalue weighted by Gasteiger charge is -2.36. The van der Waals surface area contributed by atoms with E-state index in [-0.39, 0.29) is 24.5 Å². The number of hydrogen-bond donors (Lipinski definition) is 1. The van der Waals surface area contributed by atoms with Crippen LogP contribution in [0.2, 0.25) is 0 Å². The summed E-state index contributed by atoms with van der Waals surface area (Å²) in [6.45, 7) is 11.3. The van der Waals surface area contributed by atoms with Crippen molar-refractivity contribution in [3.05, 3.63) is 66.7 Å². The number of amides is 3. The van der Waals surface area contributed by atoms with Gasteiger partial charge in [-0.2, -0.15) is 0 Å². The molecule has 3 amide bonds. The van der Waals surface area contributed by atoms with Gasteiger partial charge in [0.2, 0.25) is 5.91 Å². The van der Waals surface area contributed by atoms with E-state index in [9.17, 15) is 9.59 Å². The van der Waals surface area contributed by atoms with Crippen molar-refractivity contribution in [3.63, 3.8) is 0 Å². The van der Waals surface area contributed by atoms with Crippen molar-refractivity contribution in [2.24, 2.45) is 5.92 Å². The molecule has 3 aromatic rings. The molecule has 1 aromatic heterocycles. The topological polar surface area (TPSA) is 81.7 Å². The highest BCUT2D eigenvalue weighted by molar-refractivity contribution is 5.84. The predicted octanol–water partition coefficient (Wildman–Crippen LogP) is 4.93. The Morgan fingerprint density at radius 3 is 2.05 bits per heavy atom. The highest BCUT2D eigenvalue weighted by Crippen LogP contribution is 2.24. The lowest BCUT2D eigenvalue weighted by atomic mass is 10.0. The van der Waals surface area contributed by atoms with E-state index in [2.05, 4.69) is 70.7 Å². The molecule has 1 aliphatic rings. The molecule has 0 saturated carbocycles. The lowest BCUT2D eigenvalue weighted by Crippen LogP contribution is -2.53. The van der Waals surface area contributed by atoms with Crippen LogP contribution in [0.25, 0.3) is 22.4 Å². The molecule has 0 unspecified atom stereocenters. The van der Waals surface area contributed by atoms with E-state index in [1.807, 2.05) is 49.1 Å². The van der Waals surface area contributed by atoms with Crippen LogP contribution in [0.4, 0.5) is 10.6 Å². The number of rotatable bonds is 9. The van der Waals surface area contributed by atoms with E-state index in [1.54, 1.807) is 4.90 Å². The van der Waals surface area contributed by atoms with E-state index in [1.165, 1.54) is 11.1 Å². The number of hydrogen-bond acceptors (Lipinski definition) is 5. The molecule has 1 saturated heterocycles.